The first kappa shape index (κ1) is 20.0. The van der Waals surface area contributed by atoms with Gasteiger partial charge in [0.1, 0.15) is 10.7 Å². The number of carbonyl (C=O) groups excluding carboxylic acids is 1. The Balaban J connectivity index is 2.07. The normalized spacial score (nSPS) is 16.7. The predicted molar refractivity (Wildman–Crippen MR) is 109 cm³/mol. The molecule has 3 rings (SSSR count). The highest BCUT2D eigenvalue weighted by atomic mass is 32.1. The topological polar surface area (TPSA) is 64.4 Å². The number of esters is 1. The molecular formula is C20H29N3O3S. The number of rotatable bonds is 7. The smallest absolute Gasteiger partial charge is 0.313 e. The van der Waals surface area contributed by atoms with Crippen molar-refractivity contribution in [2.45, 2.75) is 59.4 Å². The van der Waals surface area contributed by atoms with E-state index in [9.17, 15) is 9.59 Å². The van der Waals surface area contributed by atoms with Crippen molar-refractivity contribution < 1.29 is 9.53 Å². The fourth-order valence-electron chi connectivity index (χ4n) is 3.94. The average molecular weight is 392 g/mol. The maximum absolute atomic E-state index is 13.4. The molecule has 0 fully saturated rings. The summed E-state index contributed by atoms with van der Waals surface area (Å²) in [5.74, 6) is 0.189. The highest BCUT2D eigenvalue weighted by molar-refractivity contribution is 7.18. The third kappa shape index (κ3) is 3.80. The fourth-order valence-corrected chi connectivity index (χ4v) is 5.25. The lowest BCUT2D eigenvalue weighted by Gasteiger charge is -2.22. The van der Waals surface area contributed by atoms with Crippen LogP contribution >= 0.6 is 11.3 Å². The molecule has 0 aliphatic heterocycles. The molecule has 0 spiro atoms. The Hall–Kier alpha value is -1.73. The molecule has 1 aliphatic rings. The first-order valence-electron chi connectivity index (χ1n) is 9.93. The summed E-state index contributed by atoms with van der Waals surface area (Å²) >= 11 is 1.57. The van der Waals surface area contributed by atoms with Gasteiger partial charge in [0.2, 0.25) is 0 Å². The van der Waals surface area contributed by atoms with Crippen LogP contribution in [0.1, 0.15) is 55.8 Å². The van der Waals surface area contributed by atoms with Crippen LogP contribution in [0.2, 0.25) is 0 Å². The Morgan fingerprint density at radius 2 is 2.07 bits per heavy atom. The number of aromatic nitrogens is 2. The second-order valence-corrected chi connectivity index (χ2v) is 8.04. The molecule has 27 heavy (non-hydrogen) atoms. The summed E-state index contributed by atoms with van der Waals surface area (Å²) in [5, 5.41) is 0.637. The standard InChI is InChI=1S/C20H29N3O3S/c1-5-22(6-2)11-12-23-13(4)21-18-17(19(23)24)16-14(20(25)26-7-3)9-8-10-15(16)27-18/h14H,5-12H2,1-4H3. The molecule has 0 N–H and O–H groups in total. The third-order valence-electron chi connectivity index (χ3n) is 5.47. The summed E-state index contributed by atoms with van der Waals surface area (Å²) in [5.41, 5.74) is 0.868. The Morgan fingerprint density at radius 1 is 1.33 bits per heavy atom. The number of aryl methyl sites for hydroxylation is 2. The van der Waals surface area contributed by atoms with Crippen LogP contribution in [0, 0.1) is 6.92 Å². The average Bonchev–Trinajstić information content (AvgIpc) is 3.03. The zero-order valence-electron chi connectivity index (χ0n) is 16.7. The lowest BCUT2D eigenvalue weighted by molar-refractivity contribution is -0.145. The van der Waals surface area contributed by atoms with Gasteiger partial charge in [-0.25, -0.2) is 4.98 Å². The van der Waals surface area contributed by atoms with Crippen molar-refractivity contribution in [1.82, 2.24) is 14.5 Å². The second kappa shape index (κ2) is 8.52. The summed E-state index contributed by atoms with van der Waals surface area (Å²) in [6.07, 6.45) is 2.59. The molecule has 7 heteroatoms. The number of hydrogen-bond donors (Lipinski definition) is 0. The molecule has 2 aromatic heterocycles. The molecular weight excluding hydrogens is 362 g/mol. The molecule has 0 amide bonds. The number of thiophene rings is 1. The van der Waals surface area contributed by atoms with Gasteiger partial charge in [0.05, 0.1) is 17.9 Å². The molecule has 1 aliphatic carbocycles. The number of likely N-dealkylation sites (N-methyl/N-ethyl adjacent to an activating group) is 1. The van der Waals surface area contributed by atoms with Gasteiger partial charge in [0.25, 0.3) is 5.56 Å². The summed E-state index contributed by atoms with van der Waals surface area (Å²) in [7, 11) is 0. The van der Waals surface area contributed by atoms with Gasteiger partial charge in [-0.3, -0.25) is 14.2 Å². The predicted octanol–water partition coefficient (Wildman–Crippen LogP) is 3.09. The minimum Gasteiger partial charge on any atom is -0.466 e. The van der Waals surface area contributed by atoms with Crippen molar-refractivity contribution in [3.05, 3.63) is 26.6 Å². The van der Waals surface area contributed by atoms with Gasteiger partial charge in [0.15, 0.2) is 0 Å². The maximum Gasteiger partial charge on any atom is 0.313 e. The number of nitrogens with zero attached hydrogens (tertiary/aromatic N) is 3. The van der Waals surface area contributed by atoms with Crippen molar-refractivity contribution in [2.75, 3.05) is 26.2 Å². The van der Waals surface area contributed by atoms with Crippen molar-refractivity contribution in [3.63, 3.8) is 0 Å². The molecule has 148 valence electrons. The van der Waals surface area contributed by atoms with Gasteiger partial charge in [-0.2, -0.15) is 0 Å². The van der Waals surface area contributed by atoms with Gasteiger partial charge in [-0.15, -0.1) is 11.3 Å². The molecule has 2 aromatic rings. The zero-order chi connectivity index (χ0) is 19.6. The van der Waals surface area contributed by atoms with Crippen LogP contribution in [0.25, 0.3) is 10.2 Å². The number of ether oxygens (including phenoxy) is 1. The summed E-state index contributed by atoms with van der Waals surface area (Å²) < 4.78 is 7.06. The summed E-state index contributed by atoms with van der Waals surface area (Å²) in [4.78, 5) is 34.8. The minimum absolute atomic E-state index is 0.0154. The molecule has 1 atom stereocenters. The van der Waals surface area contributed by atoms with Crippen LogP contribution < -0.4 is 5.56 Å². The van der Waals surface area contributed by atoms with Crippen LogP contribution in [-0.4, -0.2) is 46.7 Å². The van der Waals surface area contributed by atoms with Crippen molar-refractivity contribution >= 4 is 27.5 Å². The lowest BCUT2D eigenvalue weighted by atomic mass is 9.86. The van der Waals surface area contributed by atoms with Crippen molar-refractivity contribution in [3.8, 4) is 0 Å². The van der Waals surface area contributed by atoms with Gasteiger partial charge >= 0.3 is 5.97 Å². The fraction of sp³-hybridized carbons (Fsp3) is 0.650. The number of fused-ring (bicyclic) bond motifs is 3. The molecule has 0 radical (unpaired) electrons. The van der Waals surface area contributed by atoms with E-state index in [4.69, 9.17) is 9.72 Å². The van der Waals surface area contributed by atoms with Gasteiger partial charge in [-0.05, 0) is 51.8 Å². The van der Waals surface area contributed by atoms with E-state index in [1.54, 1.807) is 15.9 Å². The first-order chi connectivity index (χ1) is 13.0. The van der Waals surface area contributed by atoms with Crippen LogP contribution in [0.5, 0.6) is 0 Å². The summed E-state index contributed by atoms with van der Waals surface area (Å²) in [6.45, 7) is 11.7. The van der Waals surface area contributed by atoms with E-state index < -0.39 is 0 Å². The van der Waals surface area contributed by atoms with E-state index >= 15 is 0 Å². The molecule has 2 heterocycles. The monoisotopic (exact) mass is 391 g/mol. The SMILES string of the molecule is CCOC(=O)C1CCCc2sc3nc(C)n(CCN(CC)CC)c(=O)c3c21. The van der Waals surface area contributed by atoms with Crippen LogP contribution in [0.4, 0.5) is 0 Å². The van der Waals surface area contributed by atoms with E-state index in [1.807, 2.05) is 13.8 Å². The van der Waals surface area contributed by atoms with Crippen LogP contribution in [0.3, 0.4) is 0 Å². The van der Waals surface area contributed by atoms with E-state index in [2.05, 4.69) is 18.7 Å². The van der Waals surface area contributed by atoms with E-state index in [1.165, 1.54) is 0 Å². The number of hydrogen-bond acceptors (Lipinski definition) is 6. The van der Waals surface area contributed by atoms with Crippen LogP contribution in [0.15, 0.2) is 4.79 Å². The Bertz CT molecular complexity index is 883. The number of carbonyl (C=O) groups is 1. The Morgan fingerprint density at radius 3 is 2.74 bits per heavy atom. The van der Waals surface area contributed by atoms with Gasteiger partial charge in [-0.1, -0.05) is 13.8 Å². The summed E-state index contributed by atoms with van der Waals surface area (Å²) in [6, 6.07) is 0. The van der Waals surface area contributed by atoms with Crippen LogP contribution in [-0.2, 0) is 22.5 Å². The molecule has 0 aromatic carbocycles. The van der Waals surface area contributed by atoms with Gasteiger partial charge in [0, 0.05) is 18.0 Å². The van der Waals surface area contributed by atoms with Gasteiger partial charge < -0.3 is 9.64 Å². The first-order valence-corrected chi connectivity index (χ1v) is 10.7. The minimum atomic E-state index is -0.337. The lowest BCUT2D eigenvalue weighted by Crippen LogP contribution is -2.33. The molecule has 0 bridgehead atoms. The molecule has 0 saturated carbocycles. The van der Waals surface area contributed by atoms with E-state index in [-0.39, 0.29) is 17.4 Å². The largest absolute Gasteiger partial charge is 0.466 e. The van der Waals surface area contributed by atoms with E-state index in [0.717, 1.165) is 60.0 Å². The zero-order valence-corrected chi connectivity index (χ0v) is 17.5. The molecule has 0 saturated heterocycles. The Kier molecular flexibility index (Phi) is 6.32. The quantitative estimate of drug-likeness (QED) is 0.679. The molecule has 1 unspecified atom stereocenters. The van der Waals surface area contributed by atoms with E-state index in [0.29, 0.717) is 18.5 Å². The van der Waals surface area contributed by atoms with Crippen molar-refractivity contribution in [2.24, 2.45) is 0 Å². The maximum atomic E-state index is 13.4. The molecule has 6 nitrogen and oxygen atoms in total. The highest BCUT2D eigenvalue weighted by Crippen LogP contribution is 2.41. The van der Waals surface area contributed by atoms with Crippen molar-refractivity contribution in [1.29, 1.82) is 0 Å². The third-order valence-corrected chi connectivity index (χ3v) is 6.63. The Labute approximate surface area is 164 Å². The highest BCUT2D eigenvalue weighted by Gasteiger charge is 2.33. The second-order valence-electron chi connectivity index (χ2n) is 6.96.